The molecule has 1 atom stereocenters. The molecule has 0 spiro atoms. The van der Waals surface area contributed by atoms with Crippen LogP contribution in [0.1, 0.15) is 25.5 Å². The van der Waals surface area contributed by atoms with Gasteiger partial charge in [0.25, 0.3) is 0 Å². The van der Waals surface area contributed by atoms with Crippen molar-refractivity contribution in [3.05, 3.63) is 18.2 Å². The molecule has 1 saturated heterocycles. The third-order valence-electron chi connectivity index (χ3n) is 3.45. The molecule has 1 N–H and O–H groups in total. The summed E-state index contributed by atoms with van der Waals surface area (Å²) in [5.41, 5.74) is 1.61. The molecule has 0 saturated carbocycles. The number of rotatable bonds is 5. The summed E-state index contributed by atoms with van der Waals surface area (Å²) < 4.78 is 7.35. The van der Waals surface area contributed by atoms with Gasteiger partial charge in [0, 0.05) is 44.1 Å². The zero-order valence-corrected chi connectivity index (χ0v) is 10.2. The summed E-state index contributed by atoms with van der Waals surface area (Å²) in [7, 11) is 1.75. The third kappa shape index (κ3) is 2.28. The molecule has 4 nitrogen and oxygen atoms in total. The van der Waals surface area contributed by atoms with Crippen LogP contribution in [0.15, 0.2) is 12.5 Å². The quantitative estimate of drug-likeness (QED) is 0.762. The van der Waals surface area contributed by atoms with Crippen molar-refractivity contribution in [2.24, 2.45) is 0 Å². The van der Waals surface area contributed by atoms with Gasteiger partial charge in [-0.15, -0.1) is 0 Å². The SMILES string of the molecule is COCCCn1cncc1C1(C)CCNC1. The first-order valence-corrected chi connectivity index (χ1v) is 5.96. The molecular weight excluding hydrogens is 202 g/mol. The Kier molecular flexibility index (Phi) is 3.61. The summed E-state index contributed by atoms with van der Waals surface area (Å²) in [6.07, 6.45) is 6.20. The van der Waals surface area contributed by atoms with Crippen LogP contribution in [0.3, 0.4) is 0 Å². The van der Waals surface area contributed by atoms with E-state index in [9.17, 15) is 0 Å². The van der Waals surface area contributed by atoms with Crippen molar-refractivity contribution in [2.45, 2.75) is 31.7 Å². The molecule has 4 heteroatoms. The number of hydrogen-bond donors (Lipinski definition) is 1. The van der Waals surface area contributed by atoms with Crippen molar-refractivity contribution in [3.63, 3.8) is 0 Å². The van der Waals surface area contributed by atoms with Gasteiger partial charge in [-0.25, -0.2) is 4.98 Å². The Balaban J connectivity index is 2.06. The molecule has 0 amide bonds. The van der Waals surface area contributed by atoms with E-state index in [1.165, 1.54) is 12.1 Å². The van der Waals surface area contributed by atoms with E-state index in [1.54, 1.807) is 7.11 Å². The standard InChI is InChI=1S/C12H21N3O/c1-12(4-5-13-9-12)11-8-14-10-15(11)6-3-7-16-2/h8,10,13H,3-7,9H2,1-2H3. The highest BCUT2D eigenvalue weighted by molar-refractivity contribution is 5.17. The molecule has 2 heterocycles. The maximum Gasteiger partial charge on any atom is 0.0948 e. The highest BCUT2D eigenvalue weighted by Crippen LogP contribution is 2.29. The Morgan fingerprint density at radius 2 is 2.50 bits per heavy atom. The first-order valence-electron chi connectivity index (χ1n) is 5.96. The lowest BCUT2D eigenvalue weighted by molar-refractivity contribution is 0.189. The highest BCUT2D eigenvalue weighted by Gasteiger charge is 2.33. The summed E-state index contributed by atoms with van der Waals surface area (Å²) in [5, 5.41) is 3.43. The molecule has 1 aromatic rings. The maximum absolute atomic E-state index is 5.08. The minimum absolute atomic E-state index is 0.254. The topological polar surface area (TPSA) is 39.1 Å². The number of methoxy groups -OCH3 is 1. The molecule has 16 heavy (non-hydrogen) atoms. The van der Waals surface area contributed by atoms with Gasteiger partial charge in [0.05, 0.1) is 6.33 Å². The molecule has 0 aliphatic carbocycles. The van der Waals surface area contributed by atoms with E-state index in [-0.39, 0.29) is 5.41 Å². The van der Waals surface area contributed by atoms with Crippen LogP contribution in [0.4, 0.5) is 0 Å². The number of ether oxygens (including phenoxy) is 1. The number of imidazole rings is 1. The van der Waals surface area contributed by atoms with E-state index in [1.807, 2.05) is 12.5 Å². The predicted molar refractivity (Wildman–Crippen MR) is 63.6 cm³/mol. The van der Waals surface area contributed by atoms with Gasteiger partial charge in [-0.3, -0.25) is 0 Å². The first-order chi connectivity index (χ1) is 7.76. The van der Waals surface area contributed by atoms with Crippen molar-refractivity contribution in [3.8, 4) is 0 Å². The van der Waals surface area contributed by atoms with Crippen LogP contribution >= 0.6 is 0 Å². The highest BCUT2D eigenvalue weighted by atomic mass is 16.5. The molecule has 1 aromatic heterocycles. The minimum Gasteiger partial charge on any atom is -0.385 e. The fourth-order valence-electron chi connectivity index (χ4n) is 2.42. The lowest BCUT2D eigenvalue weighted by Gasteiger charge is -2.24. The number of nitrogens with zero attached hydrogens (tertiary/aromatic N) is 2. The molecule has 1 fully saturated rings. The fraction of sp³-hybridized carbons (Fsp3) is 0.750. The largest absolute Gasteiger partial charge is 0.385 e. The molecule has 0 radical (unpaired) electrons. The second-order valence-corrected chi connectivity index (χ2v) is 4.81. The summed E-state index contributed by atoms with van der Waals surface area (Å²) in [6.45, 7) is 6.30. The van der Waals surface area contributed by atoms with Gasteiger partial charge in [0.15, 0.2) is 0 Å². The van der Waals surface area contributed by atoms with Crippen LogP contribution in [0.25, 0.3) is 0 Å². The van der Waals surface area contributed by atoms with Gasteiger partial charge in [-0.2, -0.15) is 0 Å². The average molecular weight is 223 g/mol. The van der Waals surface area contributed by atoms with Crippen molar-refractivity contribution in [2.75, 3.05) is 26.8 Å². The van der Waals surface area contributed by atoms with Gasteiger partial charge in [0.2, 0.25) is 0 Å². The lowest BCUT2D eigenvalue weighted by Crippen LogP contribution is -2.28. The number of aromatic nitrogens is 2. The zero-order chi connectivity index (χ0) is 11.4. The van der Waals surface area contributed by atoms with Gasteiger partial charge >= 0.3 is 0 Å². The minimum atomic E-state index is 0.254. The van der Waals surface area contributed by atoms with Crippen LogP contribution in [-0.2, 0) is 16.7 Å². The van der Waals surface area contributed by atoms with Gasteiger partial charge in [-0.1, -0.05) is 6.92 Å². The van der Waals surface area contributed by atoms with Gasteiger partial charge in [0.1, 0.15) is 0 Å². The van der Waals surface area contributed by atoms with Crippen LogP contribution in [0, 0.1) is 0 Å². The molecular formula is C12H21N3O. The Morgan fingerprint density at radius 3 is 3.19 bits per heavy atom. The Labute approximate surface area is 97.0 Å². The lowest BCUT2D eigenvalue weighted by atomic mass is 9.86. The van der Waals surface area contributed by atoms with E-state index < -0.39 is 0 Å². The normalized spacial score (nSPS) is 25.1. The van der Waals surface area contributed by atoms with E-state index in [4.69, 9.17) is 4.74 Å². The first kappa shape index (κ1) is 11.6. The van der Waals surface area contributed by atoms with Crippen LogP contribution in [-0.4, -0.2) is 36.4 Å². The van der Waals surface area contributed by atoms with Crippen molar-refractivity contribution >= 4 is 0 Å². The summed E-state index contributed by atoms with van der Waals surface area (Å²) in [5.74, 6) is 0. The average Bonchev–Trinajstić information content (AvgIpc) is 2.88. The maximum atomic E-state index is 5.08. The van der Waals surface area contributed by atoms with E-state index >= 15 is 0 Å². The Morgan fingerprint density at radius 1 is 1.62 bits per heavy atom. The van der Waals surface area contributed by atoms with Gasteiger partial charge in [-0.05, 0) is 19.4 Å². The number of aryl methyl sites for hydroxylation is 1. The second kappa shape index (κ2) is 4.97. The predicted octanol–water partition coefficient (Wildman–Crippen LogP) is 1.17. The third-order valence-corrected chi connectivity index (χ3v) is 3.45. The number of hydrogen-bond acceptors (Lipinski definition) is 3. The molecule has 2 rings (SSSR count). The zero-order valence-electron chi connectivity index (χ0n) is 10.2. The molecule has 1 aliphatic rings. The smallest absolute Gasteiger partial charge is 0.0948 e. The van der Waals surface area contributed by atoms with Crippen molar-refractivity contribution < 1.29 is 4.74 Å². The van der Waals surface area contributed by atoms with E-state index in [2.05, 4.69) is 21.8 Å². The van der Waals surface area contributed by atoms with Crippen molar-refractivity contribution in [1.29, 1.82) is 0 Å². The van der Waals surface area contributed by atoms with E-state index in [0.29, 0.717) is 0 Å². The Bertz CT molecular complexity index is 329. The van der Waals surface area contributed by atoms with Crippen LogP contribution < -0.4 is 5.32 Å². The monoisotopic (exact) mass is 223 g/mol. The summed E-state index contributed by atoms with van der Waals surface area (Å²) >= 11 is 0. The molecule has 90 valence electrons. The van der Waals surface area contributed by atoms with E-state index in [0.717, 1.165) is 32.7 Å². The Hall–Kier alpha value is -0.870. The molecule has 0 aromatic carbocycles. The molecule has 0 bridgehead atoms. The van der Waals surface area contributed by atoms with Crippen LogP contribution in [0.5, 0.6) is 0 Å². The second-order valence-electron chi connectivity index (χ2n) is 4.81. The fourth-order valence-corrected chi connectivity index (χ4v) is 2.42. The molecule has 1 aliphatic heterocycles. The van der Waals surface area contributed by atoms with Gasteiger partial charge < -0.3 is 14.6 Å². The van der Waals surface area contributed by atoms with Crippen molar-refractivity contribution in [1.82, 2.24) is 14.9 Å². The van der Waals surface area contributed by atoms with Crippen LogP contribution in [0.2, 0.25) is 0 Å². The molecule has 1 unspecified atom stereocenters. The summed E-state index contributed by atoms with van der Waals surface area (Å²) in [4.78, 5) is 4.29. The summed E-state index contributed by atoms with van der Waals surface area (Å²) in [6, 6.07) is 0. The number of nitrogens with one attached hydrogen (secondary N) is 1.